The molecule has 6 nitrogen and oxygen atoms in total. The topological polar surface area (TPSA) is 77.9 Å². The first kappa shape index (κ1) is 22.9. The lowest BCUT2D eigenvalue weighted by atomic mass is 9.75. The lowest BCUT2D eigenvalue weighted by molar-refractivity contribution is -0.143. The summed E-state index contributed by atoms with van der Waals surface area (Å²) in [6.45, 7) is 0.503. The van der Waals surface area contributed by atoms with Crippen LogP contribution in [0.5, 0.6) is 0 Å². The molecule has 2 aromatic carbocycles. The van der Waals surface area contributed by atoms with E-state index >= 15 is 0 Å². The minimum atomic E-state index is -1.25. The van der Waals surface area contributed by atoms with Crippen LogP contribution in [-0.4, -0.2) is 45.8 Å². The number of thiophene rings is 1. The Morgan fingerprint density at radius 3 is 2.33 bits per heavy atom. The van der Waals surface area contributed by atoms with Crippen molar-refractivity contribution in [1.82, 2.24) is 9.80 Å². The highest BCUT2D eigenvalue weighted by Gasteiger charge is 2.54. The van der Waals surface area contributed by atoms with Gasteiger partial charge in [0.2, 0.25) is 17.7 Å². The van der Waals surface area contributed by atoms with Gasteiger partial charge in [-0.25, -0.2) is 0 Å². The number of benzene rings is 2. The summed E-state index contributed by atoms with van der Waals surface area (Å²) in [7, 11) is 0. The van der Waals surface area contributed by atoms with Gasteiger partial charge in [0, 0.05) is 30.8 Å². The van der Waals surface area contributed by atoms with Gasteiger partial charge in [-0.15, -0.1) is 11.3 Å². The van der Waals surface area contributed by atoms with E-state index < -0.39 is 5.41 Å². The normalized spacial score (nSPS) is 18.0. The monoisotopic (exact) mass is 462 g/mol. The van der Waals surface area contributed by atoms with Crippen molar-refractivity contribution in [3.63, 3.8) is 0 Å². The fraction of sp³-hybridized carbons (Fsp3) is 0.269. The van der Waals surface area contributed by atoms with Crippen molar-refractivity contribution < 1.29 is 19.5 Å². The summed E-state index contributed by atoms with van der Waals surface area (Å²) in [4.78, 5) is 44.0. The van der Waals surface area contributed by atoms with E-state index in [9.17, 15) is 19.5 Å². The van der Waals surface area contributed by atoms with Gasteiger partial charge < -0.3 is 10.0 Å². The van der Waals surface area contributed by atoms with Crippen LogP contribution in [-0.2, 0) is 32.9 Å². The highest BCUT2D eigenvalue weighted by molar-refractivity contribution is 7.09. The Morgan fingerprint density at radius 2 is 1.70 bits per heavy atom. The van der Waals surface area contributed by atoms with Crippen LogP contribution in [0.1, 0.15) is 28.8 Å². The Bertz CT molecular complexity index is 1100. The molecule has 0 radical (unpaired) electrons. The first-order chi connectivity index (χ1) is 16.0. The minimum Gasteiger partial charge on any atom is -0.395 e. The van der Waals surface area contributed by atoms with Gasteiger partial charge in [0.05, 0.1) is 18.6 Å². The van der Waals surface area contributed by atoms with Gasteiger partial charge in [0.15, 0.2) is 0 Å². The SMILES string of the molecule is O=C(C[C@@]1(c2ccccc2)CC(=O)N(Cc2cccs2)C1=O)N(CCO)Cc1ccccc1. The molecular weight excluding hydrogens is 436 g/mol. The van der Waals surface area contributed by atoms with Crippen molar-refractivity contribution in [3.8, 4) is 0 Å². The number of aliphatic hydroxyl groups excluding tert-OH is 1. The summed E-state index contributed by atoms with van der Waals surface area (Å²) >= 11 is 1.49. The molecule has 33 heavy (non-hydrogen) atoms. The zero-order valence-electron chi connectivity index (χ0n) is 18.2. The first-order valence-corrected chi connectivity index (χ1v) is 11.8. The third kappa shape index (κ3) is 4.89. The Kier molecular flexibility index (Phi) is 7.01. The largest absolute Gasteiger partial charge is 0.395 e. The number of carbonyl (C=O) groups is 3. The van der Waals surface area contributed by atoms with Crippen LogP contribution in [0.15, 0.2) is 78.2 Å². The van der Waals surface area contributed by atoms with Crippen molar-refractivity contribution in [2.24, 2.45) is 0 Å². The summed E-state index contributed by atoms with van der Waals surface area (Å²) in [5.41, 5.74) is 0.340. The van der Waals surface area contributed by atoms with Gasteiger partial charge in [-0.05, 0) is 22.6 Å². The molecule has 0 unspecified atom stereocenters. The predicted octanol–water partition coefficient (Wildman–Crippen LogP) is 3.36. The van der Waals surface area contributed by atoms with Gasteiger partial charge in [-0.2, -0.15) is 0 Å². The maximum absolute atomic E-state index is 13.7. The quantitative estimate of drug-likeness (QED) is 0.495. The third-order valence-electron chi connectivity index (χ3n) is 6.02. The molecule has 1 N–H and O–H groups in total. The van der Waals surface area contributed by atoms with Crippen molar-refractivity contribution in [2.45, 2.75) is 31.3 Å². The molecule has 3 amide bonds. The highest BCUT2D eigenvalue weighted by atomic mass is 32.1. The second-order valence-corrected chi connectivity index (χ2v) is 9.22. The second-order valence-electron chi connectivity index (χ2n) is 8.19. The number of hydrogen-bond acceptors (Lipinski definition) is 5. The standard InChI is InChI=1S/C26H26N2O4S/c29-14-13-27(18-20-8-3-1-4-9-20)23(30)16-26(21-10-5-2-6-11-21)17-24(31)28(25(26)32)19-22-12-7-15-33-22/h1-12,15,29H,13-14,16-19H2/t26-/m0/s1. The zero-order valence-corrected chi connectivity index (χ0v) is 19.0. The molecule has 4 rings (SSSR count). The molecule has 0 bridgehead atoms. The fourth-order valence-electron chi connectivity index (χ4n) is 4.33. The molecule has 1 atom stereocenters. The smallest absolute Gasteiger partial charge is 0.241 e. The number of aliphatic hydroxyl groups is 1. The van der Waals surface area contributed by atoms with E-state index in [0.717, 1.165) is 10.4 Å². The predicted molar refractivity (Wildman–Crippen MR) is 126 cm³/mol. The minimum absolute atomic E-state index is 0.0503. The van der Waals surface area contributed by atoms with Crippen LogP contribution in [0.25, 0.3) is 0 Å². The number of carbonyl (C=O) groups excluding carboxylic acids is 3. The summed E-state index contributed by atoms with van der Waals surface area (Å²) < 4.78 is 0. The van der Waals surface area contributed by atoms with E-state index in [-0.39, 0.29) is 50.3 Å². The molecule has 1 aliphatic rings. The van der Waals surface area contributed by atoms with Crippen molar-refractivity contribution in [1.29, 1.82) is 0 Å². The summed E-state index contributed by atoms with van der Waals surface area (Å²) in [6, 6.07) is 22.4. The average Bonchev–Trinajstić information content (AvgIpc) is 3.43. The Morgan fingerprint density at radius 1 is 1.00 bits per heavy atom. The van der Waals surface area contributed by atoms with Gasteiger partial charge in [0.1, 0.15) is 0 Å². The number of nitrogens with zero attached hydrogens (tertiary/aromatic N) is 2. The van der Waals surface area contributed by atoms with E-state index in [1.54, 1.807) is 17.0 Å². The van der Waals surface area contributed by atoms with Gasteiger partial charge in [-0.1, -0.05) is 66.7 Å². The molecule has 1 aromatic heterocycles. The number of imide groups is 1. The van der Waals surface area contributed by atoms with E-state index in [1.807, 2.05) is 66.0 Å². The molecule has 3 aromatic rings. The van der Waals surface area contributed by atoms with Crippen molar-refractivity contribution >= 4 is 29.1 Å². The van der Waals surface area contributed by atoms with Crippen LogP contribution in [0.3, 0.4) is 0 Å². The van der Waals surface area contributed by atoms with E-state index in [1.165, 1.54) is 16.2 Å². The van der Waals surface area contributed by atoms with Crippen LogP contribution in [0, 0.1) is 0 Å². The molecule has 7 heteroatoms. The Balaban J connectivity index is 1.64. The third-order valence-corrected chi connectivity index (χ3v) is 6.88. The Hall–Kier alpha value is -3.29. The summed E-state index contributed by atoms with van der Waals surface area (Å²) in [5, 5.41) is 11.5. The van der Waals surface area contributed by atoms with Gasteiger partial charge >= 0.3 is 0 Å². The molecule has 1 saturated heterocycles. The maximum Gasteiger partial charge on any atom is 0.241 e. The molecule has 0 spiro atoms. The molecule has 170 valence electrons. The molecule has 0 aliphatic carbocycles. The average molecular weight is 463 g/mol. The van der Waals surface area contributed by atoms with Gasteiger partial charge in [-0.3, -0.25) is 19.3 Å². The van der Waals surface area contributed by atoms with E-state index in [2.05, 4.69) is 0 Å². The van der Waals surface area contributed by atoms with Crippen LogP contribution < -0.4 is 0 Å². The highest BCUT2D eigenvalue weighted by Crippen LogP contribution is 2.41. The first-order valence-electron chi connectivity index (χ1n) is 10.9. The van der Waals surface area contributed by atoms with Crippen LogP contribution in [0.4, 0.5) is 0 Å². The van der Waals surface area contributed by atoms with E-state index in [4.69, 9.17) is 0 Å². The molecular formula is C26H26N2O4S. The number of hydrogen-bond donors (Lipinski definition) is 1. The molecule has 1 fully saturated rings. The van der Waals surface area contributed by atoms with Crippen LogP contribution >= 0.6 is 11.3 Å². The number of rotatable bonds is 9. The number of likely N-dealkylation sites (tertiary alicyclic amines) is 1. The Labute approximate surface area is 197 Å². The van der Waals surface area contributed by atoms with Crippen molar-refractivity contribution in [2.75, 3.05) is 13.2 Å². The fourth-order valence-corrected chi connectivity index (χ4v) is 5.02. The molecule has 2 heterocycles. The lowest BCUT2D eigenvalue weighted by Crippen LogP contribution is -2.43. The lowest BCUT2D eigenvalue weighted by Gasteiger charge is -2.30. The molecule has 0 saturated carbocycles. The second kappa shape index (κ2) is 10.1. The van der Waals surface area contributed by atoms with Crippen molar-refractivity contribution in [3.05, 3.63) is 94.2 Å². The maximum atomic E-state index is 13.7. The molecule has 1 aliphatic heterocycles. The number of amides is 3. The van der Waals surface area contributed by atoms with E-state index in [0.29, 0.717) is 12.1 Å². The zero-order chi connectivity index (χ0) is 23.3. The van der Waals surface area contributed by atoms with Gasteiger partial charge in [0.25, 0.3) is 0 Å². The van der Waals surface area contributed by atoms with Crippen LogP contribution in [0.2, 0.25) is 0 Å². The summed E-state index contributed by atoms with van der Waals surface area (Å²) in [6.07, 6.45) is -0.180. The summed E-state index contributed by atoms with van der Waals surface area (Å²) in [5.74, 6) is -0.887.